The molecule has 1 amide bonds. The Morgan fingerprint density at radius 3 is 2.17 bits per heavy atom. The van der Waals surface area contributed by atoms with Crippen LogP contribution in [0.3, 0.4) is 0 Å². The molecular formula is C21H18N2O6. The van der Waals surface area contributed by atoms with Crippen LogP contribution in [0.5, 0.6) is 5.75 Å². The van der Waals surface area contributed by atoms with Gasteiger partial charge in [0.15, 0.2) is 12.4 Å². The van der Waals surface area contributed by atoms with Crippen molar-refractivity contribution in [2.24, 2.45) is 0 Å². The highest BCUT2D eigenvalue weighted by molar-refractivity contribution is 5.95. The summed E-state index contributed by atoms with van der Waals surface area (Å²) in [4.78, 5) is 34.9. The molecule has 0 radical (unpaired) electrons. The SMILES string of the molecule is CC(=O)Oc1ccc(-c2ccc(C(=O)OCC(=O)Nc3cc(C)on3)cc2)cc1. The number of rotatable bonds is 6. The summed E-state index contributed by atoms with van der Waals surface area (Å²) in [5.41, 5.74) is 2.08. The topological polar surface area (TPSA) is 108 Å². The summed E-state index contributed by atoms with van der Waals surface area (Å²) in [6, 6.07) is 15.3. The normalized spacial score (nSPS) is 10.3. The van der Waals surface area contributed by atoms with E-state index < -0.39 is 18.5 Å². The Hall–Kier alpha value is -3.94. The number of benzene rings is 2. The van der Waals surface area contributed by atoms with Crippen LogP contribution in [0.25, 0.3) is 11.1 Å². The molecule has 0 aliphatic heterocycles. The molecule has 3 aromatic rings. The van der Waals surface area contributed by atoms with Gasteiger partial charge in [-0.3, -0.25) is 9.59 Å². The Labute approximate surface area is 166 Å². The number of carbonyl (C=O) groups is 3. The lowest BCUT2D eigenvalue weighted by Gasteiger charge is -2.07. The van der Waals surface area contributed by atoms with Crippen molar-refractivity contribution in [2.75, 3.05) is 11.9 Å². The summed E-state index contributed by atoms with van der Waals surface area (Å²) in [5, 5.41) is 6.09. The maximum absolute atomic E-state index is 12.1. The summed E-state index contributed by atoms with van der Waals surface area (Å²) < 4.78 is 14.8. The number of carbonyl (C=O) groups excluding carboxylic acids is 3. The predicted molar refractivity (Wildman–Crippen MR) is 103 cm³/mol. The minimum absolute atomic E-state index is 0.257. The van der Waals surface area contributed by atoms with E-state index in [9.17, 15) is 14.4 Å². The molecule has 8 heteroatoms. The number of hydrogen-bond acceptors (Lipinski definition) is 7. The van der Waals surface area contributed by atoms with Gasteiger partial charge in [-0.05, 0) is 42.3 Å². The second-order valence-electron chi connectivity index (χ2n) is 6.14. The molecule has 0 saturated carbocycles. The van der Waals surface area contributed by atoms with Crippen molar-refractivity contribution in [2.45, 2.75) is 13.8 Å². The van der Waals surface area contributed by atoms with Gasteiger partial charge >= 0.3 is 11.9 Å². The van der Waals surface area contributed by atoms with Gasteiger partial charge in [0.25, 0.3) is 5.91 Å². The smallest absolute Gasteiger partial charge is 0.338 e. The zero-order valence-electron chi connectivity index (χ0n) is 15.8. The third-order valence-electron chi connectivity index (χ3n) is 3.80. The van der Waals surface area contributed by atoms with E-state index in [4.69, 9.17) is 14.0 Å². The van der Waals surface area contributed by atoms with E-state index in [0.717, 1.165) is 11.1 Å². The molecule has 0 unspecified atom stereocenters. The van der Waals surface area contributed by atoms with Gasteiger partial charge in [0.1, 0.15) is 11.5 Å². The highest BCUT2D eigenvalue weighted by Crippen LogP contribution is 2.23. The summed E-state index contributed by atoms with van der Waals surface area (Å²) in [6.07, 6.45) is 0. The van der Waals surface area contributed by atoms with E-state index in [1.807, 2.05) is 12.1 Å². The molecule has 3 rings (SSSR count). The van der Waals surface area contributed by atoms with Crippen LogP contribution in [-0.4, -0.2) is 29.6 Å². The fourth-order valence-electron chi connectivity index (χ4n) is 2.50. The fraction of sp³-hybridized carbons (Fsp3) is 0.143. The van der Waals surface area contributed by atoms with Crippen molar-refractivity contribution in [3.05, 3.63) is 65.9 Å². The maximum atomic E-state index is 12.1. The summed E-state index contributed by atoms with van der Waals surface area (Å²) in [7, 11) is 0. The molecule has 8 nitrogen and oxygen atoms in total. The second-order valence-corrected chi connectivity index (χ2v) is 6.14. The number of aromatic nitrogens is 1. The van der Waals surface area contributed by atoms with Crippen molar-refractivity contribution in [1.82, 2.24) is 5.16 Å². The van der Waals surface area contributed by atoms with Gasteiger partial charge in [-0.25, -0.2) is 4.79 Å². The van der Waals surface area contributed by atoms with Crippen LogP contribution in [-0.2, 0) is 14.3 Å². The van der Waals surface area contributed by atoms with E-state index in [2.05, 4.69) is 10.5 Å². The third-order valence-corrected chi connectivity index (χ3v) is 3.80. The molecule has 148 valence electrons. The predicted octanol–water partition coefficient (Wildman–Crippen LogP) is 3.37. The first-order valence-corrected chi connectivity index (χ1v) is 8.70. The van der Waals surface area contributed by atoms with Gasteiger partial charge < -0.3 is 19.3 Å². The number of ether oxygens (including phenoxy) is 2. The molecule has 1 N–H and O–H groups in total. The number of esters is 2. The molecular weight excluding hydrogens is 376 g/mol. The third kappa shape index (κ3) is 5.52. The number of nitrogens with zero attached hydrogens (tertiary/aromatic N) is 1. The van der Waals surface area contributed by atoms with Crippen molar-refractivity contribution >= 4 is 23.7 Å². The Bertz CT molecular complexity index is 1020. The van der Waals surface area contributed by atoms with Crippen LogP contribution in [0.4, 0.5) is 5.82 Å². The van der Waals surface area contributed by atoms with Crippen LogP contribution in [0.1, 0.15) is 23.0 Å². The molecule has 2 aromatic carbocycles. The fourth-order valence-corrected chi connectivity index (χ4v) is 2.50. The largest absolute Gasteiger partial charge is 0.452 e. The molecule has 0 bridgehead atoms. The Kier molecular flexibility index (Phi) is 6.03. The van der Waals surface area contributed by atoms with Gasteiger partial charge in [0, 0.05) is 13.0 Å². The first kappa shape index (κ1) is 19.8. The molecule has 1 aromatic heterocycles. The van der Waals surface area contributed by atoms with Crippen LogP contribution >= 0.6 is 0 Å². The molecule has 0 atom stereocenters. The highest BCUT2D eigenvalue weighted by Gasteiger charge is 2.12. The van der Waals surface area contributed by atoms with Crippen molar-refractivity contribution in [3.63, 3.8) is 0 Å². The first-order chi connectivity index (χ1) is 13.9. The van der Waals surface area contributed by atoms with Gasteiger partial charge in [-0.2, -0.15) is 0 Å². The minimum atomic E-state index is -0.617. The molecule has 0 spiro atoms. The van der Waals surface area contributed by atoms with E-state index in [0.29, 0.717) is 17.1 Å². The van der Waals surface area contributed by atoms with Gasteiger partial charge in [-0.15, -0.1) is 0 Å². The molecule has 0 aliphatic rings. The lowest BCUT2D eigenvalue weighted by Crippen LogP contribution is -2.21. The lowest BCUT2D eigenvalue weighted by atomic mass is 10.0. The summed E-state index contributed by atoms with van der Waals surface area (Å²) >= 11 is 0. The number of nitrogens with one attached hydrogen (secondary N) is 1. The molecule has 0 aliphatic carbocycles. The summed E-state index contributed by atoms with van der Waals surface area (Å²) in [5.74, 6) is -0.249. The average Bonchev–Trinajstić information content (AvgIpc) is 3.11. The Morgan fingerprint density at radius 1 is 1.00 bits per heavy atom. The number of anilines is 1. The Balaban J connectivity index is 1.55. The lowest BCUT2D eigenvalue weighted by molar-refractivity contribution is -0.131. The number of aryl methyl sites for hydroxylation is 1. The highest BCUT2D eigenvalue weighted by atomic mass is 16.5. The Morgan fingerprint density at radius 2 is 1.62 bits per heavy atom. The van der Waals surface area contributed by atoms with Crippen molar-refractivity contribution < 1.29 is 28.4 Å². The number of hydrogen-bond donors (Lipinski definition) is 1. The number of amides is 1. The monoisotopic (exact) mass is 394 g/mol. The van der Waals surface area contributed by atoms with Crippen LogP contribution in [0.2, 0.25) is 0 Å². The summed E-state index contributed by atoms with van der Waals surface area (Å²) in [6.45, 7) is 2.59. The van der Waals surface area contributed by atoms with Gasteiger partial charge in [-0.1, -0.05) is 29.4 Å². The quantitative estimate of drug-likeness (QED) is 0.504. The molecule has 29 heavy (non-hydrogen) atoms. The zero-order valence-corrected chi connectivity index (χ0v) is 15.8. The standard InChI is InChI=1S/C21H18N2O6/c1-13-11-19(23-29-13)22-20(25)12-27-21(26)17-5-3-15(4-6-17)16-7-9-18(10-8-16)28-14(2)24/h3-11H,12H2,1-2H3,(H,22,23,25). The maximum Gasteiger partial charge on any atom is 0.338 e. The van der Waals surface area contributed by atoms with E-state index >= 15 is 0 Å². The van der Waals surface area contributed by atoms with Gasteiger partial charge in [0.2, 0.25) is 0 Å². The first-order valence-electron chi connectivity index (χ1n) is 8.70. The zero-order chi connectivity index (χ0) is 20.8. The van der Waals surface area contributed by atoms with Crippen LogP contribution in [0, 0.1) is 6.92 Å². The minimum Gasteiger partial charge on any atom is -0.452 e. The average molecular weight is 394 g/mol. The molecule has 0 saturated heterocycles. The van der Waals surface area contributed by atoms with E-state index in [1.165, 1.54) is 6.92 Å². The second kappa shape index (κ2) is 8.83. The van der Waals surface area contributed by atoms with Crippen LogP contribution < -0.4 is 10.1 Å². The van der Waals surface area contributed by atoms with Crippen LogP contribution in [0.15, 0.2) is 59.1 Å². The van der Waals surface area contributed by atoms with Crippen molar-refractivity contribution in [1.29, 1.82) is 0 Å². The van der Waals surface area contributed by atoms with E-state index in [-0.39, 0.29) is 11.8 Å². The van der Waals surface area contributed by atoms with Crippen molar-refractivity contribution in [3.8, 4) is 16.9 Å². The molecule has 1 heterocycles. The van der Waals surface area contributed by atoms with Gasteiger partial charge in [0.05, 0.1) is 5.56 Å². The molecule has 0 fully saturated rings. The van der Waals surface area contributed by atoms with E-state index in [1.54, 1.807) is 49.4 Å².